The number of allylic oxidation sites excluding steroid dienone is 2. The number of hydrogen-bond acceptors (Lipinski definition) is 7. The second kappa shape index (κ2) is 7.52. The van der Waals surface area contributed by atoms with Crippen molar-refractivity contribution in [3.8, 4) is 0 Å². The fourth-order valence-electron chi connectivity index (χ4n) is 2.26. The van der Waals surface area contributed by atoms with Crippen molar-refractivity contribution in [1.29, 1.82) is 0 Å². The zero-order valence-corrected chi connectivity index (χ0v) is 15.0. The third-order valence-corrected chi connectivity index (χ3v) is 4.60. The fraction of sp³-hybridized carbons (Fsp3) is 0.176. The number of hydrogen-bond donors (Lipinski definition) is 0. The Morgan fingerprint density at radius 1 is 1.08 bits per heavy atom. The number of anilines is 1. The van der Waals surface area contributed by atoms with Crippen LogP contribution in [-0.2, 0) is 28.9 Å². The summed E-state index contributed by atoms with van der Waals surface area (Å²) < 4.78 is 47.4. The maximum atomic E-state index is 14.4. The molecule has 1 aromatic carbocycles. The van der Waals surface area contributed by atoms with Crippen LogP contribution >= 0.6 is 0 Å². The van der Waals surface area contributed by atoms with Gasteiger partial charge >= 0.3 is 11.9 Å². The van der Waals surface area contributed by atoms with Gasteiger partial charge in [-0.1, -0.05) is 6.08 Å². The van der Waals surface area contributed by atoms with E-state index < -0.39 is 27.6 Å². The van der Waals surface area contributed by atoms with E-state index in [4.69, 9.17) is 4.74 Å². The minimum Gasteiger partial charge on any atom is -0.465 e. The normalized spacial score (nSPS) is 14.2. The van der Waals surface area contributed by atoms with Gasteiger partial charge in [0.25, 0.3) is 0 Å². The lowest BCUT2D eigenvalue weighted by atomic mass is 10.1. The van der Waals surface area contributed by atoms with Crippen LogP contribution in [0.5, 0.6) is 0 Å². The molecular weight excluding hydrogens is 365 g/mol. The molecule has 1 aliphatic heterocycles. The van der Waals surface area contributed by atoms with Gasteiger partial charge in [-0.2, -0.15) is 0 Å². The Labute approximate surface area is 149 Å². The Balaban J connectivity index is 2.77. The maximum Gasteiger partial charge on any atom is 0.355 e. The zero-order chi connectivity index (χ0) is 19.5. The molecule has 2 rings (SSSR count). The average molecular weight is 381 g/mol. The van der Waals surface area contributed by atoms with Crippen LogP contribution in [0.1, 0.15) is 0 Å². The quantitative estimate of drug-likeness (QED) is 0.579. The number of esters is 2. The highest BCUT2D eigenvalue weighted by molar-refractivity contribution is 7.90. The van der Waals surface area contributed by atoms with Gasteiger partial charge in [0.2, 0.25) is 0 Å². The number of halogens is 1. The van der Waals surface area contributed by atoms with E-state index in [9.17, 15) is 22.4 Å². The van der Waals surface area contributed by atoms with Crippen LogP contribution in [0, 0.1) is 5.82 Å². The Hall–Kier alpha value is -2.94. The molecule has 26 heavy (non-hydrogen) atoms. The molecule has 138 valence electrons. The Morgan fingerprint density at radius 2 is 1.73 bits per heavy atom. The van der Waals surface area contributed by atoms with Crippen molar-refractivity contribution in [1.82, 2.24) is 0 Å². The molecule has 0 amide bonds. The summed E-state index contributed by atoms with van der Waals surface area (Å²) in [6, 6.07) is 3.14. The summed E-state index contributed by atoms with van der Waals surface area (Å²) in [5, 5.41) is 0. The number of carbonyl (C=O) groups excluding carboxylic acids is 2. The smallest absolute Gasteiger partial charge is 0.355 e. The van der Waals surface area contributed by atoms with Gasteiger partial charge in [0.15, 0.2) is 9.84 Å². The third kappa shape index (κ3) is 3.83. The molecule has 1 aromatic rings. The summed E-state index contributed by atoms with van der Waals surface area (Å²) in [6.45, 7) is 0. The lowest BCUT2D eigenvalue weighted by Gasteiger charge is -2.23. The highest BCUT2D eigenvalue weighted by Crippen LogP contribution is 2.30. The van der Waals surface area contributed by atoms with Gasteiger partial charge in [0, 0.05) is 12.5 Å². The molecule has 0 aromatic heterocycles. The van der Waals surface area contributed by atoms with Crippen molar-refractivity contribution in [3.63, 3.8) is 0 Å². The SMILES string of the molecule is COC(=O)C1=C(C(=O)OC)N(c2cc(S(C)(=O)=O)ccc2F)C=CC=C1. The number of carbonyl (C=O) groups is 2. The molecule has 0 saturated heterocycles. The first-order valence-corrected chi connectivity index (χ1v) is 9.14. The lowest BCUT2D eigenvalue weighted by Crippen LogP contribution is -2.27. The van der Waals surface area contributed by atoms with Crippen LogP contribution < -0.4 is 4.90 Å². The standard InChI is InChI=1S/C17H16FNO6S/c1-24-16(20)12-6-4-5-9-19(15(12)17(21)25-2)14-10-11(26(3,22)23)7-8-13(14)18/h4-10H,1-3H3. The number of nitrogens with zero attached hydrogens (tertiary/aromatic N) is 1. The molecule has 1 heterocycles. The van der Waals surface area contributed by atoms with Crippen molar-refractivity contribution in [2.45, 2.75) is 4.90 Å². The minimum atomic E-state index is -3.62. The first-order chi connectivity index (χ1) is 12.2. The first kappa shape index (κ1) is 19.4. The van der Waals surface area contributed by atoms with Crippen molar-refractivity contribution in [2.24, 2.45) is 0 Å². The van der Waals surface area contributed by atoms with E-state index in [2.05, 4.69) is 4.74 Å². The van der Waals surface area contributed by atoms with Gasteiger partial charge in [-0.05, 0) is 30.4 Å². The highest BCUT2D eigenvalue weighted by atomic mass is 32.2. The van der Waals surface area contributed by atoms with Crippen LogP contribution in [0.3, 0.4) is 0 Å². The average Bonchev–Trinajstić information content (AvgIpc) is 2.82. The summed E-state index contributed by atoms with van der Waals surface area (Å²) in [5.41, 5.74) is -0.725. The Kier molecular flexibility index (Phi) is 5.61. The molecule has 0 spiro atoms. The van der Waals surface area contributed by atoms with Gasteiger partial charge in [-0.3, -0.25) is 0 Å². The van der Waals surface area contributed by atoms with Gasteiger partial charge in [-0.25, -0.2) is 22.4 Å². The van der Waals surface area contributed by atoms with Crippen LogP contribution in [0.25, 0.3) is 0 Å². The Morgan fingerprint density at radius 3 is 2.31 bits per heavy atom. The van der Waals surface area contributed by atoms with Gasteiger partial charge in [0.05, 0.1) is 30.4 Å². The van der Waals surface area contributed by atoms with Crippen molar-refractivity contribution in [3.05, 3.63) is 59.7 Å². The van der Waals surface area contributed by atoms with E-state index in [1.54, 1.807) is 0 Å². The zero-order valence-electron chi connectivity index (χ0n) is 14.2. The molecule has 0 bridgehead atoms. The molecular formula is C17H16FNO6S. The van der Waals surface area contributed by atoms with Crippen LogP contribution in [0.4, 0.5) is 10.1 Å². The van der Waals surface area contributed by atoms with E-state index in [1.165, 1.54) is 24.4 Å². The van der Waals surface area contributed by atoms with Crippen molar-refractivity contribution < 1.29 is 31.9 Å². The first-order valence-electron chi connectivity index (χ1n) is 7.25. The number of sulfone groups is 1. The van der Waals surface area contributed by atoms with Crippen molar-refractivity contribution >= 4 is 27.5 Å². The molecule has 1 aliphatic rings. The van der Waals surface area contributed by atoms with Gasteiger partial charge in [-0.15, -0.1) is 0 Å². The van der Waals surface area contributed by atoms with Crippen molar-refractivity contribution in [2.75, 3.05) is 25.4 Å². The molecule has 0 atom stereocenters. The molecule has 0 saturated carbocycles. The predicted octanol–water partition coefficient (Wildman–Crippen LogP) is 1.72. The largest absolute Gasteiger partial charge is 0.465 e. The topological polar surface area (TPSA) is 90.0 Å². The minimum absolute atomic E-state index is 0.150. The highest BCUT2D eigenvalue weighted by Gasteiger charge is 2.29. The molecule has 9 heteroatoms. The van der Waals surface area contributed by atoms with E-state index in [-0.39, 0.29) is 21.9 Å². The van der Waals surface area contributed by atoms with Crippen LogP contribution in [0.2, 0.25) is 0 Å². The second-order valence-electron chi connectivity index (χ2n) is 5.20. The Bertz CT molecular complexity index is 946. The second-order valence-corrected chi connectivity index (χ2v) is 7.22. The van der Waals surface area contributed by atoms with Crippen LogP contribution in [0.15, 0.2) is 58.8 Å². The summed E-state index contributed by atoms with van der Waals surface area (Å²) in [5.74, 6) is -2.56. The fourth-order valence-corrected chi connectivity index (χ4v) is 2.90. The van der Waals surface area contributed by atoms with Crippen LogP contribution in [-0.4, -0.2) is 40.8 Å². The number of ether oxygens (including phenoxy) is 2. The summed E-state index contributed by atoms with van der Waals surface area (Å²) in [6.07, 6.45) is 6.50. The number of methoxy groups -OCH3 is 2. The molecule has 0 unspecified atom stereocenters. The predicted molar refractivity (Wildman–Crippen MR) is 91.3 cm³/mol. The molecule has 7 nitrogen and oxygen atoms in total. The molecule has 0 N–H and O–H groups in total. The number of benzene rings is 1. The monoisotopic (exact) mass is 381 g/mol. The van der Waals surface area contributed by atoms with E-state index >= 15 is 0 Å². The molecule has 0 fully saturated rings. The molecule has 0 aliphatic carbocycles. The summed E-state index contributed by atoms with van der Waals surface area (Å²) in [4.78, 5) is 25.2. The summed E-state index contributed by atoms with van der Waals surface area (Å²) >= 11 is 0. The van der Waals surface area contributed by atoms with Gasteiger partial charge < -0.3 is 14.4 Å². The maximum absolute atomic E-state index is 14.4. The van der Waals surface area contributed by atoms with E-state index in [1.807, 2.05) is 0 Å². The van der Waals surface area contributed by atoms with E-state index in [0.29, 0.717) is 0 Å². The molecule has 0 radical (unpaired) electrons. The lowest BCUT2D eigenvalue weighted by molar-refractivity contribution is -0.139. The van der Waals surface area contributed by atoms with Gasteiger partial charge in [0.1, 0.15) is 11.5 Å². The number of rotatable bonds is 4. The summed E-state index contributed by atoms with van der Waals surface area (Å²) in [7, 11) is -1.39. The third-order valence-electron chi connectivity index (χ3n) is 3.49. The van der Waals surface area contributed by atoms with E-state index in [0.717, 1.165) is 43.6 Å².